The Kier molecular flexibility index (Phi) is 4.57. The Morgan fingerprint density at radius 2 is 2.00 bits per heavy atom. The Morgan fingerprint density at radius 3 is 2.71 bits per heavy atom. The number of ketones is 1. The molecule has 0 bridgehead atoms. The standard InChI is InChI=1S/C18H14O5S/c1-22-13-7-4-5-11(18(13)23-10-16(19)20)9-15-17(21)12-6-2-3-8-14(12)24-15/h2-9H,10H2,1H3,(H,19,20)/b15-9-. The molecule has 0 amide bonds. The van der Waals surface area contributed by atoms with Crippen LogP contribution < -0.4 is 9.47 Å². The van der Waals surface area contributed by atoms with E-state index in [1.807, 2.05) is 18.2 Å². The molecule has 0 fully saturated rings. The van der Waals surface area contributed by atoms with Crippen LogP contribution in [0.2, 0.25) is 0 Å². The SMILES string of the molecule is COc1cccc(/C=C2\Sc3ccccc3C2=O)c1OCC(=O)O. The van der Waals surface area contributed by atoms with Crippen LogP contribution in [0, 0.1) is 0 Å². The zero-order valence-electron chi connectivity index (χ0n) is 12.8. The van der Waals surface area contributed by atoms with E-state index in [-0.39, 0.29) is 5.78 Å². The van der Waals surface area contributed by atoms with Gasteiger partial charge in [-0.25, -0.2) is 4.79 Å². The summed E-state index contributed by atoms with van der Waals surface area (Å²) in [7, 11) is 1.48. The molecule has 0 aliphatic carbocycles. The Labute approximate surface area is 142 Å². The summed E-state index contributed by atoms with van der Waals surface area (Å²) in [6.45, 7) is -0.488. The number of fused-ring (bicyclic) bond motifs is 1. The lowest BCUT2D eigenvalue weighted by Crippen LogP contribution is -2.10. The van der Waals surface area contributed by atoms with Crippen LogP contribution in [-0.2, 0) is 4.79 Å². The molecular formula is C18H14O5S. The number of allylic oxidation sites excluding steroid dienone is 1. The fraction of sp³-hybridized carbons (Fsp3) is 0.111. The second-order valence-corrected chi connectivity index (χ2v) is 6.08. The first-order chi connectivity index (χ1) is 11.6. The molecule has 3 rings (SSSR count). The van der Waals surface area contributed by atoms with Gasteiger partial charge in [0.15, 0.2) is 18.1 Å². The first kappa shape index (κ1) is 16.1. The van der Waals surface area contributed by atoms with E-state index in [0.717, 1.165) is 4.90 Å². The number of methoxy groups -OCH3 is 1. The van der Waals surface area contributed by atoms with E-state index in [9.17, 15) is 9.59 Å². The lowest BCUT2D eigenvalue weighted by Gasteiger charge is -2.12. The van der Waals surface area contributed by atoms with Gasteiger partial charge in [0.2, 0.25) is 5.78 Å². The first-order valence-corrected chi connectivity index (χ1v) is 7.96. The summed E-state index contributed by atoms with van der Waals surface area (Å²) < 4.78 is 10.6. The lowest BCUT2D eigenvalue weighted by atomic mass is 10.1. The molecule has 5 nitrogen and oxygen atoms in total. The second kappa shape index (κ2) is 6.80. The molecule has 122 valence electrons. The summed E-state index contributed by atoms with van der Waals surface area (Å²) in [6.07, 6.45) is 1.70. The van der Waals surface area contributed by atoms with Gasteiger partial charge in [0, 0.05) is 16.0 Å². The van der Waals surface area contributed by atoms with Crippen LogP contribution >= 0.6 is 11.8 Å². The quantitative estimate of drug-likeness (QED) is 0.839. The zero-order valence-corrected chi connectivity index (χ0v) is 13.6. The van der Waals surface area contributed by atoms with Gasteiger partial charge in [0.05, 0.1) is 12.0 Å². The summed E-state index contributed by atoms with van der Waals surface area (Å²) in [5.41, 5.74) is 1.27. The number of carboxylic acid groups (broad SMARTS) is 1. The van der Waals surface area contributed by atoms with E-state index in [1.54, 1.807) is 30.3 Å². The van der Waals surface area contributed by atoms with Crippen molar-refractivity contribution in [2.24, 2.45) is 0 Å². The van der Waals surface area contributed by atoms with Gasteiger partial charge in [-0.3, -0.25) is 4.79 Å². The van der Waals surface area contributed by atoms with Crippen molar-refractivity contribution in [2.75, 3.05) is 13.7 Å². The Bertz CT molecular complexity index is 841. The highest BCUT2D eigenvalue weighted by molar-refractivity contribution is 8.04. The number of hydrogen-bond donors (Lipinski definition) is 1. The molecule has 0 spiro atoms. The van der Waals surface area contributed by atoms with Gasteiger partial charge in [-0.2, -0.15) is 0 Å². The molecule has 1 heterocycles. The molecular weight excluding hydrogens is 328 g/mol. The number of carboxylic acids is 1. The molecule has 0 atom stereocenters. The van der Waals surface area contributed by atoms with Crippen molar-refractivity contribution in [3.05, 3.63) is 58.5 Å². The molecule has 0 saturated carbocycles. The fourth-order valence-corrected chi connectivity index (χ4v) is 3.42. The van der Waals surface area contributed by atoms with Crippen molar-refractivity contribution < 1.29 is 24.2 Å². The number of ether oxygens (including phenoxy) is 2. The number of hydrogen-bond acceptors (Lipinski definition) is 5. The number of thioether (sulfide) groups is 1. The van der Waals surface area contributed by atoms with Gasteiger partial charge < -0.3 is 14.6 Å². The van der Waals surface area contributed by atoms with Crippen LogP contribution in [0.4, 0.5) is 0 Å². The Morgan fingerprint density at radius 1 is 1.21 bits per heavy atom. The van der Waals surface area contributed by atoms with Crippen molar-refractivity contribution in [3.63, 3.8) is 0 Å². The molecule has 24 heavy (non-hydrogen) atoms. The minimum absolute atomic E-state index is 0.0531. The third-order valence-electron chi connectivity index (χ3n) is 3.43. The zero-order chi connectivity index (χ0) is 17.1. The molecule has 6 heteroatoms. The average Bonchev–Trinajstić information content (AvgIpc) is 2.89. The molecule has 1 N–H and O–H groups in total. The summed E-state index contributed by atoms with van der Waals surface area (Å²) in [5, 5.41) is 8.83. The smallest absolute Gasteiger partial charge is 0.341 e. The van der Waals surface area contributed by atoms with Crippen LogP contribution in [0.25, 0.3) is 6.08 Å². The predicted octanol–water partition coefficient (Wildman–Crippen LogP) is 3.49. The van der Waals surface area contributed by atoms with Crippen molar-refractivity contribution >= 4 is 29.6 Å². The minimum Gasteiger partial charge on any atom is -0.493 e. The Balaban J connectivity index is 1.98. The summed E-state index contributed by atoms with van der Waals surface area (Å²) in [4.78, 5) is 24.7. The number of Topliss-reactive ketones (excluding diaryl/α,β-unsaturated/α-hetero) is 1. The average molecular weight is 342 g/mol. The van der Waals surface area contributed by atoms with E-state index < -0.39 is 12.6 Å². The van der Waals surface area contributed by atoms with Gasteiger partial charge in [0.1, 0.15) is 0 Å². The van der Waals surface area contributed by atoms with E-state index in [1.165, 1.54) is 18.9 Å². The maximum Gasteiger partial charge on any atom is 0.341 e. The maximum atomic E-state index is 12.5. The van der Waals surface area contributed by atoms with Crippen LogP contribution in [0.5, 0.6) is 11.5 Å². The molecule has 1 aliphatic heterocycles. The number of para-hydroxylation sites is 1. The topological polar surface area (TPSA) is 72.8 Å². The number of benzene rings is 2. The second-order valence-electron chi connectivity index (χ2n) is 5.00. The number of aliphatic carboxylic acids is 1. The first-order valence-electron chi connectivity index (χ1n) is 7.15. The van der Waals surface area contributed by atoms with E-state index in [4.69, 9.17) is 14.6 Å². The van der Waals surface area contributed by atoms with E-state index in [0.29, 0.717) is 27.5 Å². The van der Waals surface area contributed by atoms with Crippen molar-refractivity contribution in [1.29, 1.82) is 0 Å². The van der Waals surface area contributed by atoms with Gasteiger partial charge >= 0.3 is 5.97 Å². The maximum absolute atomic E-state index is 12.5. The highest BCUT2D eigenvalue weighted by Gasteiger charge is 2.25. The number of carbonyl (C=O) groups is 2. The van der Waals surface area contributed by atoms with Crippen molar-refractivity contribution in [1.82, 2.24) is 0 Å². The van der Waals surface area contributed by atoms with Crippen molar-refractivity contribution in [2.45, 2.75) is 4.90 Å². The van der Waals surface area contributed by atoms with Gasteiger partial charge in [0.25, 0.3) is 0 Å². The molecule has 0 aromatic heterocycles. The van der Waals surface area contributed by atoms with Gasteiger partial charge in [-0.15, -0.1) is 0 Å². The fourth-order valence-electron chi connectivity index (χ4n) is 2.37. The predicted molar refractivity (Wildman–Crippen MR) is 90.7 cm³/mol. The van der Waals surface area contributed by atoms with Gasteiger partial charge in [-0.05, 0) is 24.3 Å². The molecule has 1 aliphatic rings. The molecule has 0 radical (unpaired) electrons. The van der Waals surface area contributed by atoms with Crippen LogP contribution in [-0.4, -0.2) is 30.6 Å². The monoisotopic (exact) mass is 342 g/mol. The van der Waals surface area contributed by atoms with Crippen LogP contribution in [0.15, 0.2) is 52.3 Å². The normalized spacial score (nSPS) is 14.5. The molecule has 0 saturated heterocycles. The summed E-state index contributed by atoms with van der Waals surface area (Å²) >= 11 is 1.38. The summed E-state index contributed by atoms with van der Waals surface area (Å²) in [6, 6.07) is 12.6. The van der Waals surface area contributed by atoms with Crippen molar-refractivity contribution in [3.8, 4) is 11.5 Å². The third-order valence-corrected chi connectivity index (χ3v) is 4.53. The summed E-state index contributed by atoms with van der Waals surface area (Å²) in [5.74, 6) is -0.418. The minimum atomic E-state index is -1.08. The highest BCUT2D eigenvalue weighted by Crippen LogP contribution is 2.42. The van der Waals surface area contributed by atoms with Crippen LogP contribution in [0.3, 0.4) is 0 Å². The van der Waals surface area contributed by atoms with E-state index >= 15 is 0 Å². The largest absolute Gasteiger partial charge is 0.493 e. The molecule has 2 aromatic rings. The van der Waals surface area contributed by atoms with Crippen LogP contribution in [0.1, 0.15) is 15.9 Å². The molecule has 2 aromatic carbocycles. The van der Waals surface area contributed by atoms with Gasteiger partial charge in [-0.1, -0.05) is 36.0 Å². The molecule has 0 unspecified atom stereocenters. The number of carbonyl (C=O) groups excluding carboxylic acids is 1. The highest BCUT2D eigenvalue weighted by atomic mass is 32.2. The number of rotatable bonds is 5. The van der Waals surface area contributed by atoms with E-state index in [2.05, 4.69) is 0 Å². The Hall–Kier alpha value is -2.73. The lowest BCUT2D eigenvalue weighted by molar-refractivity contribution is -0.139. The third kappa shape index (κ3) is 3.14.